The summed E-state index contributed by atoms with van der Waals surface area (Å²) in [6.07, 6.45) is -13.8. The van der Waals surface area contributed by atoms with Crippen molar-refractivity contribution in [2.24, 2.45) is 7.05 Å². The number of anilines is 3. The smallest absolute Gasteiger partial charge is 0.387 e. The fourth-order valence-corrected chi connectivity index (χ4v) is 14.0. The summed E-state index contributed by atoms with van der Waals surface area (Å²) in [6, 6.07) is 0. The van der Waals surface area contributed by atoms with Gasteiger partial charge in [0.15, 0.2) is 41.4 Å². The van der Waals surface area contributed by atoms with E-state index in [0.717, 1.165) is 31.4 Å². The molecule has 3 saturated heterocycles. The Balaban J connectivity index is 0.866. The molecule has 9 rings (SSSR count). The zero-order valence-electron chi connectivity index (χ0n) is 38.9. The number of fused-ring (bicyclic) bond motifs is 3. The van der Waals surface area contributed by atoms with Gasteiger partial charge in [-0.1, -0.05) is 4.98 Å². The lowest BCUT2D eigenvalue weighted by atomic mass is 10.1. The molecule has 0 amide bonds. The number of phosphoric acid groups is 3. The number of nitrogens with one attached hydrogen (secondary N) is 2. The fraction of sp³-hybridized carbons (Fsp3) is 0.545. The Kier molecular flexibility index (Phi) is 15.6. The molecular weight excluding hydrogens is 1130 g/mol. The number of hydrogen-bond donors (Lipinski definition) is 12. The Morgan fingerprint density at radius 3 is 2.01 bits per heavy atom. The van der Waals surface area contributed by atoms with Crippen molar-refractivity contribution in [2.75, 3.05) is 51.2 Å². The molecule has 7 unspecified atom stereocenters. The number of nitrogens with zero attached hydrogens (tertiary/aromatic N) is 10. The molecule has 0 saturated carbocycles. The predicted octanol–water partition coefficient (Wildman–Crippen LogP) is -3.94. The molecule has 9 heterocycles. The molecule has 416 valence electrons. The van der Waals surface area contributed by atoms with E-state index < -0.39 is 135 Å². The largest absolute Gasteiger partial charge is 0.488 e. The highest BCUT2D eigenvalue weighted by Gasteiger charge is 2.54. The van der Waals surface area contributed by atoms with Crippen LogP contribution in [0.4, 0.5) is 17.7 Å². The van der Waals surface area contributed by atoms with Gasteiger partial charge in [0, 0.05) is 14.2 Å². The van der Waals surface area contributed by atoms with Crippen LogP contribution in [-0.4, -0.2) is 177 Å². The quantitative estimate of drug-likeness (QED) is 0.0256. The number of methoxy groups -OCH3 is 2. The number of aromatic nitrogens is 12. The van der Waals surface area contributed by atoms with Crippen molar-refractivity contribution in [3.05, 3.63) is 46.0 Å². The molecule has 3 fully saturated rings. The molecule has 0 aliphatic carbocycles. The maximum Gasteiger partial charge on any atom is 0.488 e. The number of aliphatic hydroxyl groups excluding tert-OH is 3. The van der Waals surface area contributed by atoms with Gasteiger partial charge in [0.05, 0.1) is 39.5 Å². The summed E-state index contributed by atoms with van der Waals surface area (Å²) < 4.78 is 103. The lowest BCUT2D eigenvalue weighted by molar-refractivity contribution is -0.745. The molecule has 38 nitrogen and oxygen atoms in total. The summed E-state index contributed by atoms with van der Waals surface area (Å²) >= 11 is 4.92. The number of hydrogen-bond acceptors (Lipinski definition) is 29. The Morgan fingerprint density at radius 1 is 0.697 bits per heavy atom. The number of H-pyrrole nitrogens is 2. The first-order valence-corrected chi connectivity index (χ1v) is 28.6. The minimum Gasteiger partial charge on any atom is -0.387 e. The first kappa shape index (κ1) is 56.0. The van der Waals surface area contributed by atoms with E-state index in [0.29, 0.717) is 0 Å². The van der Waals surface area contributed by atoms with Gasteiger partial charge in [-0.2, -0.15) is 9.29 Å². The zero-order chi connectivity index (χ0) is 55.0. The third-order valence-corrected chi connectivity index (χ3v) is 18.0. The summed E-state index contributed by atoms with van der Waals surface area (Å²) in [7, 11) is -13.3. The van der Waals surface area contributed by atoms with Gasteiger partial charge in [0.2, 0.25) is 17.7 Å². The third kappa shape index (κ3) is 11.1. The van der Waals surface area contributed by atoms with Gasteiger partial charge in [0.25, 0.3) is 17.1 Å². The number of phosphoric ester groups is 2. The predicted molar refractivity (Wildman–Crippen MR) is 250 cm³/mol. The highest BCUT2D eigenvalue weighted by Crippen LogP contribution is 2.68. The van der Waals surface area contributed by atoms with Crippen molar-refractivity contribution in [2.45, 2.75) is 73.6 Å². The maximum atomic E-state index is 13.7. The van der Waals surface area contributed by atoms with Crippen molar-refractivity contribution in [1.29, 1.82) is 0 Å². The van der Waals surface area contributed by atoms with Crippen molar-refractivity contribution in [3.63, 3.8) is 0 Å². The topological polar surface area (TPSA) is 534 Å². The Bertz CT molecular complexity index is 3490. The van der Waals surface area contributed by atoms with Gasteiger partial charge in [-0.25, -0.2) is 42.5 Å². The van der Waals surface area contributed by atoms with E-state index in [9.17, 15) is 58.2 Å². The molecule has 0 aromatic carbocycles. The highest BCUT2D eigenvalue weighted by atomic mass is 32.5. The lowest BCUT2D eigenvalue weighted by Gasteiger charge is -2.26. The molecule has 6 aromatic heterocycles. The zero-order valence-corrected chi connectivity index (χ0v) is 43.3. The summed E-state index contributed by atoms with van der Waals surface area (Å²) in [5.41, 5.74) is 15.9. The second kappa shape index (κ2) is 21.1. The first-order valence-electron chi connectivity index (χ1n) is 21.5. The number of aryl methyl sites for hydroxylation is 1. The first-order chi connectivity index (χ1) is 35.7. The lowest BCUT2D eigenvalue weighted by Crippen LogP contribution is -2.46. The summed E-state index contributed by atoms with van der Waals surface area (Å²) in [5, 5.41) is 32.9. The van der Waals surface area contributed by atoms with Crippen LogP contribution in [0.5, 0.6) is 0 Å². The molecule has 0 spiro atoms. The van der Waals surface area contributed by atoms with Crippen molar-refractivity contribution >= 4 is 93.2 Å². The van der Waals surface area contributed by atoms with Crippen LogP contribution in [0.15, 0.2) is 34.9 Å². The third-order valence-electron chi connectivity index (χ3n) is 11.8. The maximum absolute atomic E-state index is 13.7. The van der Waals surface area contributed by atoms with Crippen molar-refractivity contribution in [1.82, 2.24) is 53.6 Å². The normalized spacial score (nSPS) is 30.2. The van der Waals surface area contributed by atoms with E-state index >= 15 is 0 Å². The molecule has 16 atom stereocenters. The number of aliphatic hydroxyl groups is 3. The average molecular weight is 1180 g/mol. The van der Waals surface area contributed by atoms with Gasteiger partial charge in [0.1, 0.15) is 66.8 Å². The number of nitrogen functional groups attached to an aromatic ring is 3. The number of rotatable bonds is 20. The minimum atomic E-state index is -5.97. The van der Waals surface area contributed by atoms with E-state index in [-0.39, 0.29) is 51.2 Å². The highest BCUT2D eigenvalue weighted by molar-refractivity contribution is 8.08. The van der Waals surface area contributed by atoms with E-state index in [1.54, 1.807) is 0 Å². The van der Waals surface area contributed by atoms with Crippen molar-refractivity contribution in [3.8, 4) is 0 Å². The molecule has 6 aromatic rings. The second-order valence-corrected chi connectivity index (χ2v) is 24.1. The molecule has 3 aliphatic rings. The van der Waals surface area contributed by atoms with Crippen LogP contribution in [-0.2, 0) is 83.0 Å². The minimum absolute atomic E-state index is 0.0199. The second-order valence-electron chi connectivity index (χ2n) is 16.7. The molecule has 0 radical (unpaired) electrons. The van der Waals surface area contributed by atoms with Gasteiger partial charge in [-0.15, -0.1) is 0 Å². The average Bonchev–Trinajstić information content (AvgIpc) is 4.20. The van der Waals surface area contributed by atoms with Gasteiger partial charge < -0.3 is 80.3 Å². The van der Waals surface area contributed by atoms with Gasteiger partial charge in [-0.3, -0.25) is 46.8 Å². The van der Waals surface area contributed by atoms with E-state index in [1.165, 1.54) is 33.4 Å². The molecular formula is C33H46N15O23P4S+. The summed E-state index contributed by atoms with van der Waals surface area (Å²) in [4.78, 5) is 96.9. The van der Waals surface area contributed by atoms with Gasteiger partial charge >= 0.3 is 35.8 Å². The monoisotopic (exact) mass is 1180 g/mol. The van der Waals surface area contributed by atoms with E-state index in [2.05, 4.69) is 48.5 Å². The standard InChI is InChI=1S/C33H45N15O23P4S/c1-45-10-48(26-16(45)28(53)44-33(36)42-26)30-19(51)20(61-2)12(67-30)5-64-73(56,57)70-74(58,59)71-75(60,76)65-6-13-21(22(62-3)31(68-13)46-8-39-14-23(34)37-7-38-24(14)46)69-72(54,55)63-4-11-17(49)18(50)29(66-11)47-9-40-15-25(47)41-32(35)43-27(15)52/h7-13,17-22,29-31,49-51H,4-6H2,1-3H3,(H11-,34,35,36,37,38,41,42,43,44,52,53,54,55,56,57,58,59,60,76)/p+1/t11-,12-,13-,17?,18+,19?,20+,21?,22+,29-,30-,31-,75?/m1/s1. The Morgan fingerprint density at radius 2 is 1.30 bits per heavy atom. The van der Waals surface area contributed by atoms with Crippen LogP contribution in [0.1, 0.15) is 18.7 Å². The molecule has 43 heteroatoms. The van der Waals surface area contributed by atoms with E-state index in [4.69, 9.17) is 70.8 Å². The number of imidazole rings is 3. The molecule has 15 N–H and O–H groups in total. The molecule has 3 aliphatic heterocycles. The summed E-state index contributed by atoms with van der Waals surface area (Å²) in [5.74, 6) is -0.618. The van der Waals surface area contributed by atoms with Crippen LogP contribution in [0.25, 0.3) is 33.5 Å². The van der Waals surface area contributed by atoms with Crippen molar-refractivity contribution < 1.29 is 104 Å². The van der Waals surface area contributed by atoms with Gasteiger partial charge in [-0.05, 0) is 11.8 Å². The number of ether oxygens (including phenoxy) is 5. The van der Waals surface area contributed by atoms with Crippen LogP contribution in [0, 0.1) is 0 Å². The van der Waals surface area contributed by atoms with Crippen LogP contribution >= 0.6 is 30.2 Å². The SMILES string of the molecule is CO[C@@H]1C(O)[C@H]([n+]2cn(C)c3c(=O)[nH]c(N)nc32)O[C@@H]1COP(=O)(O)OP(=O)(O)OP(O)(=S)OC[C@H]1O[C@@H](n2cnc3c(N)ncnc32)[C@@H](OC)C1OP(=O)(O)OC[C@H]1O[C@@H](n2cnc3c(=O)[nH]c(N)nc32)[C@@H](O)C1O. The Labute approximate surface area is 427 Å². The fourth-order valence-electron chi connectivity index (χ4n) is 8.57. The molecule has 76 heavy (non-hydrogen) atoms. The number of aromatic amines is 2. The van der Waals surface area contributed by atoms with Crippen LogP contribution in [0.3, 0.4) is 0 Å². The number of nitrogens with two attached hydrogens (primary N) is 3. The Hall–Kier alpha value is -4.73. The van der Waals surface area contributed by atoms with Crippen LogP contribution in [0.2, 0.25) is 0 Å². The van der Waals surface area contributed by atoms with E-state index in [1.807, 2.05) is 0 Å². The summed E-state index contributed by atoms with van der Waals surface area (Å²) in [6.45, 7) is -8.07. The molecule has 0 bridgehead atoms. The van der Waals surface area contributed by atoms with Crippen LogP contribution < -0.4 is 32.9 Å².